The maximum absolute atomic E-state index is 12.5. The van der Waals surface area contributed by atoms with Crippen molar-refractivity contribution >= 4 is 17.4 Å². The van der Waals surface area contributed by atoms with Gasteiger partial charge in [-0.15, -0.1) is 0 Å². The van der Waals surface area contributed by atoms with Crippen LogP contribution in [0, 0.1) is 0 Å². The van der Waals surface area contributed by atoms with Crippen LogP contribution in [0.25, 0.3) is 11.1 Å². The number of carbonyl (C=O) groups excluding carboxylic acids is 2. The highest BCUT2D eigenvalue weighted by atomic mass is 16.5. The number of furan rings is 1. The van der Waals surface area contributed by atoms with Crippen LogP contribution < -0.4 is 10.1 Å². The van der Waals surface area contributed by atoms with E-state index in [1.54, 1.807) is 36.4 Å². The number of Topliss-reactive ketones (excluding diaryl/α,β-unsaturated/α-hetero) is 1. The van der Waals surface area contributed by atoms with Crippen molar-refractivity contribution in [3.8, 4) is 16.9 Å². The third-order valence-electron chi connectivity index (χ3n) is 4.78. The summed E-state index contributed by atoms with van der Waals surface area (Å²) in [5.41, 5.74) is 3.50. The molecular weight excluding hydrogens is 390 g/mol. The van der Waals surface area contributed by atoms with E-state index < -0.39 is 0 Å². The molecular formula is C26H21NO4. The minimum Gasteiger partial charge on any atom is -0.486 e. The molecule has 0 aliphatic carbocycles. The molecule has 5 heteroatoms. The molecule has 0 saturated carbocycles. The molecule has 0 unspecified atom stereocenters. The van der Waals surface area contributed by atoms with Gasteiger partial charge in [0.1, 0.15) is 18.1 Å². The minimum atomic E-state index is -0.329. The summed E-state index contributed by atoms with van der Waals surface area (Å²) in [6.07, 6.45) is 0. The van der Waals surface area contributed by atoms with E-state index in [-0.39, 0.29) is 24.1 Å². The summed E-state index contributed by atoms with van der Waals surface area (Å²) in [5.74, 6) is 1.02. The Hall–Kier alpha value is -4.12. The molecule has 0 bridgehead atoms. The highest BCUT2D eigenvalue weighted by Crippen LogP contribution is 2.22. The van der Waals surface area contributed by atoms with Gasteiger partial charge >= 0.3 is 0 Å². The fraction of sp³-hybridized carbons (Fsp3) is 0.0769. The van der Waals surface area contributed by atoms with E-state index >= 15 is 0 Å². The zero-order valence-electron chi connectivity index (χ0n) is 17.0. The number of amides is 1. The van der Waals surface area contributed by atoms with Gasteiger partial charge in [-0.25, -0.2) is 0 Å². The summed E-state index contributed by atoms with van der Waals surface area (Å²) in [6, 6.07) is 27.9. The lowest BCUT2D eigenvalue weighted by Gasteiger charge is -2.06. The molecule has 0 aliphatic rings. The van der Waals surface area contributed by atoms with Crippen LogP contribution in [0.1, 0.15) is 33.6 Å². The first-order valence-electron chi connectivity index (χ1n) is 9.88. The third-order valence-corrected chi connectivity index (χ3v) is 4.78. The maximum atomic E-state index is 12.5. The van der Waals surface area contributed by atoms with E-state index in [0.29, 0.717) is 22.8 Å². The highest BCUT2D eigenvalue weighted by Gasteiger charge is 2.12. The molecule has 1 heterocycles. The monoisotopic (exact) mass is 411 g/mol. The molecule has 4 aromatic rings. The first-order chi connectivity index (χ1) is 15.1. The largest absolute Gasteiger partial charge is 0.486 e. The number of ketones is 1. The van der Waals surface area contributed by atoms with E-state index in [2.05, 4.69) is 5.32 Å². The van der Waals surface area contributed by atoms with E-state index in [1.165, 1.54) is 6.92 Å². The second-order valence-corrected chi connectivity index (χ2v) is 7.03. The van der Waals surface area contributed by atoms with Gasteiger partial charge < -0.3 is 14.5 Å². The summed E-state index contributed by atoms with van der Waals surface area (Å²) in [4.78, 5) is 23.8. The van der Waals surface area contributed by atoms with Crippen molar-refractivity contribution < 1.29 is 18.7 Å². The molecule has 1 aromatic heterocycles. The number of anilines is 1. The van der Waals surface area contributed by atoms with Gasteiger partial charge in [0.05, 0.1) is 0 Å². The molecule has 0 saturated heterocycles. The van der Waals surface area contributed by atoms with Gasteiger partial charge in [-0.05, 0) is 66.6 Å². The molecule has 154 valence electrons. The molecule has 0 aliphatic heterocycles. The van der Waals surface area contributed by atoms with E-state index in [4.69, 9.17) is 9.15 Å². The number of carbonyl (C=O) groups is 2. The number of benzene rings is 3. The van der Waals surface area contributed by atoms with Crippen molar-refractivity contribution in [1.82, 2.24) is 0 Å². The lowest BCUT2D eigenvalue weighted by atomic mass is 10.1. The van der Waals surface area contributed by atoms with Crippen molar-refractivity contribution in [1.29, 1.82) is 0 Å². The third kappa shape index (κ3) is 5.08. The van der Waals surface area contributed by atoms with Crippen LogP contribution in [0.4, 0.5) is 5.69 Å². The molecule has 0 radical (unpaired) electrons. The lowest BCUT2D eigenvalue weighted by molar-refractivity contribution is 0.0990. The Morgan fingerprint density at radius 1 is 0.806 bits per heavy atom. The van der Waals surface area contributed by atoms with Crippen molar-refractivity contribution in [2.45, 2.75) is 13.5 Å². The number of hydrogen-bond acceptors (Lipinski definition) is 4. The van der Waals surface area contributed by atoms with Gasteiger partial charge in [-0.1, -0.05) is 42.5 Å². The number of nitrogens with one attached hydrogen (secondary N) is 1. The lowest BCUT2D eigenvalue weighted by Crippen LogP contribution is -2.10. The standard InChI is InChI=1S/C26H21NO4/c1-18(28)19-9-13-23(14-10-19)30-17-24-15-16-25(31-24)26(29)27-22-11-7-21(8-12-22)20-5-3-2-4-6-20/h2-16H,17H2,1H3,(H,27,29). The highest BCUT2D eigenvalue weighted by molar-refractivity contribution is 6.02. The topological polar surface area (TPSA) is 68.5 Å². The van der Waals surface area contributed by atoms with Crippen molar-refractivity contribution in [3.05, 3.63) is 108 Å². The first kappa shape index (κ1) is 20.2. The fourth-order valence-electron chi connectivity index (χ4n) is 3.09. The maximum Gasteiger partial charge on any atom is 0.291 e. The predicted octanol–water partition coefficient (Wildman–Crippen LogP) is 5.98. The summed E-state index contributed by atoms with van der Waals surface area (Å²) < 4.78 is 11.3. The van der Waals surface area contributed by atoms with Crippen molar-refractivity contribution in [2.75, 3.05) is 5.32 Å². The van der Waals surface area contributed by atoms with Gasteiger partial charge in [0.25, 0.3) is 5.91 Å². The quantitative estimate of drug-likeness (QED) is 0.380. The van der Waals surface area contributed by atoms with Crippen LogP contribution in [0.15, 0.2) is 95.4 Å². The Morgan fingerprint density at radius 2 is 1.48 bits per heavy atom. The molecule has 0 fully saturated rings. The number of hydrogen-bond donors (Lipinski definition) is 1. The first-order valence-corrected chi connectivity index (χ1v) is 9.88. The molecule has 3 aromatic carbocycles. The Morgan fingerprint density at radius 3 is 2.16 bits per heavy atom. The Labute approximate surface area is 180 Å². The van der Waals surface area contributed by atoms with Crippen molar-refractivity contribution in [2.24, 2.45) is 0 Å². The van der Waals surface area contributed by atoms with Crippen LogP contribution in [0.5, 0.6) is 5.75 Å². The SMILES string of the molecule is CC(=O)c1ccc(OCc2ccc(C(=O)Nc3ccc(-c4ccccc4)cc3)o2)cc1. The number of rotatable bonds is 7. The Bertz CT molecular complexity index is 1180. The number of ether oxygens (including phenoxy) is 1. The Kier molecular flexibility index (Phi) is 5.94. The van der Waals surface area contributed by atoms with Crippen LogP contribution in [0.2, 0.25) is 0 Å². The fourth-order valence-corrected chi connectivity index (χ4v) is 3.09. The second-order valence-electron chi connectivity index (χ2n) is 7.03. The average molecular weight is 411 g/mol. The van der Waals surface area contributed by atoms with Gasteiger partial charge in [-0.2, -0.15) is 0 Å². The van der Waals surface area contributed by atoms with Gasteiger partial charge in [0, 0.05) is 11.3 Å². The predicted molar refractivity (Wildman–Crippen MR) is 119 cm³/mol. The summed E-state index contributed by atoms with van der Waals surface area (Å²) in [5, 5.41) is 2.84. The van der Waals surface area contributed by atoms with Gasteiger partial charge in [-0.3, -0.25) is 9.59 Å². The zero-order chi connectivity index (χ0) is 21.6. The molecule has 31 heavy (non-hydrogen) atoms. The van der Waals surface area contributed by atoms with E-state index in [9.17, 15) is 9.59 Å². The van der Waals surface area contributed by atoms with Crippen LogP contribution in [-0.2, 0) is 6.61 Å². The van der Waals surface area contributed by atoms with Gasteiger partial charge in [0.15, 0.2) is 11.5 Å². The summed E-state index contributed by atoms with van der Waals surface area (Å²) in [7, 11) is 0. The molecule has 1 N–H and O–H groups in total. The Balaban J connectivity index is 1.34. The van der Waals surface area contributed by atoms with Crippen molar-refractivity contribution in [3.63, 3.8) is 0 Å². The smallest absolute Gasteiger partial charge is 0.291 e. The zero-order valence-corrected chi connectivity index (χ0v) is 17.0. The van der Waals surface area contributed by atoms with Crippen LogP contribution in [-0.4, -0.2) is 11.7 Å². The minimum absolute atomic E-state index is 0.00273. The average Bonchev–Trinajstić information content (AvgIpc) is 3.28. The van der Waals surface area contributed by atoms with E-state index in [1.807, 2.05) is 54.6 Å². The molecule has 0 atom stereocenters. The van der Waals surface area contributed by atoms with E-state index in [0.717, 1.165) is 11.1 Å². The normalized spacial score (nSPS) is 10.5. The molecule has 1 amide bonds. The second kappa shape index (κ2) is 9.13. The van der Waals surface area contributed by atoms with Gasteiger partial charge in [0.2, 0.25) is 0 Å². The van der Waals surface area contributed by atoms with Crippen LogP contribution >= 0.6 is 0 Å². The summed E-state index contributed by atoms with van der Waals surface area (Å²) >= 11 is 0. The molecule has 0 spiro atoms. The summed E-state index contributed by atoms with van der Waals surface area (Å²) in [6.45, 7) is 1.70. The van der Waals surface area contributed by atoms with Crippen LogP contribution in [0.3, 0.4) is 0 Å². The molecule has 4 rings (SSSR count). The molecule has 5 nitrogen and oxygen atoms in total.